The number of nitrogens with one attached hydrogen (secondary N) is 1. The monoisotopic (exact) mass is 303 g/mol. The number of hydrogen-bond donors (Lipinski definition) is 2. The van der Waals surface area contributed by atoms with Crippen molar-refractivity contribution in [2.24, 2.45) is 0 Å². The van der Waals surface area contributed by atoms with Crippen molar-refractivity contribution < 1.29 is 14.7 Å². The first kappa shape index (κ1) is 16.5. The molecule has 1 unspecified atom stereocenters. The fourth-order valence-corrected chi connectivity index (χ4v) is 3.56. The van der Waals surface area contributed by atoms with Crippen molar-refractivity contribution in [2.75, 3.05) is 0 Å². The van der Waals surface area contributed by atoms with Crippen LogP contribution in [0.15, 0.2) is 24.3 Å². The van der Waals surface area contributed by atoms with Crippen LogP contribution >= 0.6 is 0 Å². The number of carbonyl (C=O) groups excluding carboxylic acids is 1. The molecule has 1 saturated carbocycles. The van der Waals surface area contributed by atoms with Gasteiger partial charge in [0.15, 0.2) is 0 Å². The first-order valence-corrected chi connectivity index (χ1v) is 8.04. The molecule has 1 fully saturated rings. The molecular weight excluding hydrogens is 278 g/mol. The molecule has 1 aliphatic rings. The maximum Gasteiger partial charge on any atom is 0.305 e. The molecule has 4 nitrogen and oxygen atoms in total. The highest BCUT2D eigenvalue weighted by molar-refractivity contribution is 5.89. The van der Waals surface area contributed by atoms with Crippen LogP contribution in [0, 0.1) is 6.92 Å². The van der Waals surface area contributed by atoms with E-state index in [0.717, 1.165) is 43.2 Å². The smallest absolute Gasteiger partial charge is 0.305 e. The summed E-state index contributed by atoms with van der Waals surface area (Å²) in [7, 11) is 0. The second-order valence-electron chi connectivity index (χ2n) is 6.43. The van der Waals surface area contributed by atoms with Crippen LogP contribution in [-0.2, 0) is 15.0 Å². The Morgan fingerprint density at radius 1 is 1.23 bits per heavy atom. The van der Waals surface area contributed by atoms with Gasteiger partial charge in [-0.3, -0.25) is 9.59 Å². The van der Waals surface area contributed by atoms with Gasteiger partial charge >= 0.3 is 5.97 Å². The van der Waals surface area contributed by atoms with E-state index in [2.05, 4.69) is 5.32 Å². The number of aryl methyl sites for hydroxylation is 1. The maximum atomic E-state index is 13.0. The zero-order chi connectivity index (χ0) is 16.2. The summed E-state index contributed by atoms with van der Waals surface area (Å²) >= 11 is 0. The highest BCUT2D eigenvalue weighted by Crippen LogP contribution is 2.41. The third-order valence-electron chi connectivity index (χ3n) is 4.66. The number of carboxylic acids is 1. The minimum absolute atomic E-state index is 0.0183. The van der Waals surface area contributed by atoms with Crippen molar-refractivity contribution in [1.82, 2.24) is 5.32 Å². The number of carbonyl (C=O) groups is 2. The highest BCUT2D eigenvalue weighted by Gasteiger charge is 2.42. The standard InChI is InChI=1S/C18H25NO3/c1-13-8-4-5-9-15(13)18(10-6-3-7-11-18)17(22)19-14(2)12-16(20)21/h4-5,8-9,14H,3,6-7,10-12H2,1-2H3,(H,19,22)(H,20,21). The van der Waals surface area contributed by atoms with E-state index in [0.29, 0.717) is 0 Å². The summed E-state index contributed by atoms with van der Waals surface area (Å²) in [6.07, 6.45) is 4.86. The number of aliphatic carboxylic acids is 1. The summed E-state index contributed by atoms with van der Waals surface area (Å²) in [5.41, 5.74) is 1.72. The maximum absolute atomic E-state index is 13.0. The van der Waals surface area contributed by atoms with Crippen LogP contribution in [0.1, 0.15) is 56.6 Å². The van der Waals surface area contributed by atoms with Crippen LogP contribution < -0.4 is 5.32 Å². The zero-order valence-corrected chi connectivity index (χ0v) is 13.4. The third-order valence-corrected chi connectivity index (χ3v) is 4.66. The minimum atomic E-state index is -0.888. The Kier molecular flexibility index (Phi) is 5.22. The number of hydrogen-bond acceptors (Lipinski definition) is 2. The molecule has 1 amide bonds. The van der Waals surface area contributed by atoms with Crippen molar-refractivity contribution >= 4 is 11.9 Å². The van der Waals surface area contributed by atoms with Gasteiger partial charge in [0, 0.05) is 6.04 Å². The average molecular weight is 303 g/mol. The normalized spacial score (nSPS) is 18.5. The average Bonchev–Trinajstić information content (AvgIpc) is 2.47. The number of rotatable bonds is 5. The molecule has 0 spiro atoms. The molecule has 0 aliphatic heterocycles. The second kappa shape index (κ2) is 6.95. The van der Waals surface area contributed by atoms with E-state index in [9.17, 15) is 9.59 Å². The molecule has 1 aromatic rings. The topological polar surface area (TPSA) is 66.4 Å². The molecule has 4 heteroatoms. The van der Waals surface area contributed by atoms with Crippen molar-refractivity contribution in [3.63, 3.8) is 0 Å². The fraction of sp³-hybridized carbons (Fsp3) is 0.556. The van der Waals surface area contributed by atoms with Crippen LogP contribution in [0.4, 0.5) is 0 Å². The van der Waals surface area contributed by atoms with E-state index < -0.39 is 11.4 Å². The molecule has 1 aromatic carbocycles. The van der Waals surface area contributed by atoms with Gasteiger partial charge in [-0.1, -0.05) is 43.5 Å². The van der Waals surface area contributed by atoms with Crippen LogP contribution in [0.5, 0.6) is 0 Å². The molecule has 2 rings (SSSR count). The minimum Gasteiger partial charge on any atom is -0.481 e. The first-order chi connectivity index (χ1) is 10.5. The molecular formula is C18H25NO3. The number of carboxylic acid groups (broad SMARTS) is 1. The molecule has 0 heterocycles. The first-order valence-electron chi connectivity index (χ1n) is 8.04. The highest BCUT2D eigenvalue weighted by atomic mass is 16.4. The van der Waals surface area contributed by atoms with Gasteiger partial charge in [-0.25, -0.2) is 0 Å². The summed E-state index contributed by atoms with van der Waals surface area (Å²) in [4.78, 5) is 23.8. The number of amides is 1. The van der Waals surface area contributed by atoms with Gasteiger partial charge in [0.25, 0.3) is 0 Å². The quantitative estimate of drug-likeness (QED) is 0.878. The van der Waals surface area contributed by atoms with E-state index in [1.165, 1.54) is 0 Å². The number of benzene rings is 1. The van der Waals surface area contributed by atoms with Gasteiger partial charge in [-0.05, 0) is 37.8 Å². The Hall–Kier alpha value is -1.84. The van der Waals surface area contributed by atoms with Crippen LogP contribution in [0.3, 0.4) is 0 Å². The Bertz CT molecular complexity index is 547. The van der Waals surface area contributed by atoms with E-state index in [4.69, 9.17) is 5.11 Å². The SMILES string of the molecule is Cc1ccccc1C1(C(=O)NC(C)CC(=O)O)CCCCC1. The molecule has 22 heavy (non-hydrogen) atoms. The summed E-state index contributed by atoms with van der Waals surface area (Å²) < 4.78 is 0. The lowest BCUT2D eigenvalue weighted by molar-refractivity contribution is -0.137. The Labute approximate surface area is 131 Å². The van der Waals surface area contributed by atoms with Crippen molar-refractivity contribution in [3.05, 3.63) is 35.4 Å². The Morgan fingerprint density at radius 3 is 2.45 bits per heavy atom. The van der Waals surface area contributed by atoms with Crippen LogP contribution in [0.25, 0.3) is 0 Å². The lowest BCUT2D eigenvalue weighted by atomic mass is 9.67. The predicted octanol–water partition coefficient (Wildman–Crippen LogP) is 3.18. The van der Waals surface area contributed by atoms with Crippen molar-refractivity contribution in [2.45, 2.75) is 63.8 Å². The van der Waals surface area contributed by atoms with Gasteiger partial charge < -0.3 is 10.4 Å². The van der Waals surface area contributed by atoms with Gasteiger partial charge in [-0.15, -0.1) is 0 Å². The second-order valence-corrected chi connectivity index (χ2v) is 6.43. The molecule has 2 N–H and O–H groups in total. The van der Waals surface area contributed by atoms with E-state index in [1.54, 1.807) is 6.92 Å². The van der Waals surface area contributed by atoms with Gasteiger partial charge in [0.1, 0.15) is 0 Å². The molecule has 0 radical (unpaired) electrons. The largest absolute Gasteiger partial charge is 0.481 e. The fourth-order valence-electron chi connectivity index (χ4n) is 3.56. The van der Waals surface area contributed by atoms with Gasteiger partial charge in [0.2, 0.25) is 5.91 Å². The molecule has 1 atom stereocenters. The van der Waals surface area contributed by atoms with Gasteiger partial charge in [-0.2, -0.15) is 0 Å². The van der Waals surface area contributed by atoms with Crippen molar-refractivity contribution in [3.8, 4) is 0 Å². The predicted molar refractivity (Wildman–Crippen MR) is 85.8 cm³/mol. The third kappa shape index (κ3) is 3.49. The lowest BCUT2D eigenvalue weighted by Crippen LogP contribution is -2.49. The van der Waals surface area contributed by atoms with Crippen LogP contribution in [0.2, 0.25) is 0 Å². The zero-order valence-electron chi connectivity index (χ0n) is 13.4. The lowest BCUT2D eigenvalue weighted by Gasteiger charge is -2.38. The van der Waals surface area contributed by atoms with E-state index >= 15 is 0 Å². The van der Waals surface area contributed by atoms with Gasteiger partial charge in [0.05, 0.1) is 11.8 Å². The van der Waals surface area contributed by atoms with E-state index in [-0.39, 0.29) is 18.4 Å². The molecule has 120 valence electrons. The molecule has 1 aliphatic carbocycles. The molecule has 0 saturated heterocycles. The van der Waals surface area contributed by atoms with Crippen LogP contribution in [-0.4, -0.2) is 23.0 Å². The molecule has 0 aromatic heterocycles. The summed E-state index contributed by atoms with van der Waals surface area (Å²) in [5, 5.41) is 11.8. The molecule has 0 bridgehead atoms. The van der Waals surface area contributed by atoms with E-state index in [1.807, 2.05) is 31.2 Å². The van der Waals surface area contributed by atoms with Crippen molar-refractivity contribution in [1.29, 1.82) is 0 Å². The summed E-state index contributed by atoms with van der Waals surface area (Å²) in [6.45, 7) is 3.79. The Balaban J connectivity index is 2.28. The Morgan fingerprint density at radius 2 is 1.86 bits per heavy atom. The summed E-state index contributed by atoms with van der Waals surface area (Å²) in [6, 6.07) is 7.70. The summed E-state index contributed by atoms with van der Waals surface area (Å²) in [5.74, 6) is -0.906.